The molecule has 1 unspecified atom stereocenters. The molecule has 1 aliphatic heterocycles. The minimum atomic E-state index is 0. The van der Waals surface area contributed by atoms with Gasteiger partial charge in [0.2, 0.25) is 0 Å². The molecule has 1 aliphatic rings. The molecule has 0 aliphatic carbocycles. The molecule has 0 spiro atoms. The van der Waals surface area contributed by atoms with Crippen molar-refractivity contribution in [2.75, 3.05) is 20.8 Å². The molecule has 0 radical (unpaired) electrons. The number of methoxy groups -OCH3 is 2. The molecule has 4 rings (SSSR count). The van der Waals surface area contributed by atoms with Gasteiger partial charge in [-0.15, -0.1) is 12.4 Å². The molecule has 0 amide bonds. The quantitative estimate of drug-likeness (QED) is 0.740. The highest BCUT2D eigenvalue weighted by atomic mass is 35.5. The van der Waals surface area contributed by atoms with E-state index in [9.17, 15) is 0 Å². The fourth-order valence-corrected chi connectivity index (χ4v) is 3.68. The van der Waals surface area contributed by atoms with E-state index in [0.717, 1.165) is 30.9 Å². The SMILES string of the molecule is COc1ccc(CC2NCCc3c2[nH]c2ccccc32)cc1OC.Cl. The summed E-state index contributed by atoms with van der Waals surface area (Å²) in [6, 6.07) is 15.0. The summed E-state index contributed by atoms with van der Waals surface area (Å²) in [4.78, 5) is 3.62. The number of nitrogens with one attached hydrogen (secondary N) is 2. The number of benzene rings is 2. The van der Waals surface area contributed by atoms with Crippen molar-refractivity contribution in [1.29, 1.82) is 0 Å². The summed E-state index contributed by atoms with van der Waals surface area (Å²) >= 11 is 0. The lowest BCUT2D eigenvalue weighted by molar-refractivity contribution is 0.354. The molecule has 0 fully saturated rings. The molecule has 25 heavy (non-hydrogen) atoms. The highest BCUT2D eigenvalue weighted by molar-refractivity contribution is 5.85. The summed E-state index contributed by atoms with van der Waals surface area (Å²) in [5, 5.41) is 5.00. The maximum Gasteiger partial charge on any atom is 0.160 e. The summed E-state index contributed by atoms with van der Waals surface area (Å²) in [7, 11) is 3.34. The topological polar surface area (TPSA) is 46.3 Å². The summed E-state index contributed by atoms with van der Waals surface area (Å²) in [5.41, 5.74) is 5.23. The van der Waals surface area contributed by atoms with Gasteiger partial charge in [0.15, 0.2) is 11.5 Å². The molecule has 4 nitrogen and oxygen atoms in total. The molecule has 0 bridgehead atoms. The molecule has 1 aromatic heterocycles. The average Bonchev–Trinajstić information content (AvgIpc) is 3.01. The third-order valence-electron chi connectivity index (χ3n) is 4.85. The summed E-state index contributed by atoms with van der Waals surface area (Å²) < 4.78 is 10.8. The molecular formula is C20H23ClN2O2. The fraction of sp³-hybridized carbons (Fsp3) is 0.300. The van der Waals surface area contributed by atoms with Crippen molar-refractivity contribution in [1.82, 2.24) is 10.3 Å². The molecule has 132 valence electrons. The van der Waals surface area contributed by atoms with E-state index in [0.29, 0.717) is 6.04 Å². The van der Waals surface area contributed by atoms with Crippen LogP contribution in [0, 0.1) is 0 Å². The zero-order valence-corrected chi connectivity index (χ0v) is 15.3. The Hall–Kier alpha value is -2.17. The summed E-state index contributed by atoms with van der Waals surface area (Å²) in [6.45, 7) is 1.01. The van der Waals surface area contributed by atoms with E-state index in [1.165, 1.54) is 27.7 Å². The van der Waals surface area contributed by atoms with Gasteiger partial charge in [-0.1, -0.05) is 24.3 Å². The van der Waals surface area contributed by atoms with Crippen molar-refractivity contribution in [3.8, 4) is 11.5 Å². The van der Waals surface area contributed by atoms with Gasteiger partial charge in [0.1, 0.15) is 0 Å². The molecule has 2 aromatic carbocycles. The Balaban J connectivity index is 0.00000182. The maximum atomic E-state index is 5.43. The highest BCUT2D eigenvalue weighted by Crippen LogP contribution is 2.33. The Morgan fingerprint density at radius 3 is 2.64 bits per heavy atom. The van der Waals surface area contributed by atoms with Gasteiger partial charge in [0.25, 0.3) is 0 Å². The monoisotopic (exact) mass is 358 g/mol. The van der Waals surface area contributed by atoms with E-state index in [1.54, 1.807) is 14.2 Å². The second-order valence-electron chi connectivity index (χ2n) is 6.21. The normalized spacial score (nSPS) is 16.2. The highest BCUT2D eigenvalue weighted by Gasteiger charge is 2.24. The van der Waals surface area contributed by atoms with Crippen molar-refractivity contribution in [2.24, 2.45) is 0 Å². The van der Waals surface area contributed by atoms with E-state index < -0.39 is 0 Å². The lowest BCUT2D eigenvalue weighted by atomic mass is 9.94. The molecule has 0 saturated heterocycles. The standard InChI is InChI=1S/C20H22N2O2.ClH/c1-23-18-8-7-13(12-19(18)24-2)11-17-20-15(9-10-21-17)14-5-3-4-6-16(14)22-20;/h3-8,12,17,21-22H,9-11H2,1-2H3;1H. The van der Waals surface area contributed by atoms with Crippen LogP contribution in [0.4, 0.5) is 0 Å². The van der Waals surface area contributed by atoms with Crippen LogP contribution in [0.5, 0.6) is 11.5 Å². The fourth-order valence-electron chi connectivity index (χ4n) is 3.68. The van der Waals surface area contributed by atoms with Gasteiger partial charge in [0.05, 0.1) is 20.3 Å². The smallest absolute Gasteiger partial charge is 0.160 e. The van der Waals surface area contributed by atoms with E-state index in [-0.39, 0.29) is 12.4 Å². The van der Waals surface area contributed by atoms with Crippen LogP contribution >= 0.6 is 12.4 Å². The van der Waals surface area contributed by atoms with Crippen LogP contribution in [0.2, 0.25) is 0 Å². The lowest BCUT2D eigenvalue weighted by Crippen LogP contribution is -2.31. The second-order valence-corrected chi connectivity index (χ2v) is 6.21. The third-order valence-corrected chi connectivity index (χ3v) is 4.85. The van der Waals surface area contributed by atoms with Crippen molar-refractivity contribution in [2.45, 2.75) is 18.9 Å². The Kier molecular flexibility index (Phi) is 5.21. The Morgan fingerprint density at radius 2 is 1.84 bits per heavy atom. The summed E-state index contributed by atoms with van der Waals surface area (Å²) in [5.74, 6) is 1.55. The van der Waals surface area contributed by atoms with Gasteiger partial charge in [-0.05, 0) is 48.7 Å². The first kappa shape index (κ1) is 17.6. The molecule has 2 heterocycles. The third kappa shape index (κ3) is 3.20. The van der Waals surface area contributed by atoms with Crippen LogP contribution in [0.15, 0.2) is 42.5 Å². The molecule has 2 N–H and O–H groups in total. The number of ether oxygens (including phenoxy) is 2. The van der Waals surface area contributed by atoms with Crippen LogP contribution in [-0.2, 0) is 12.8 Å². The molecular weight excluding hydrogens is 336 g/mol. The van der Waals surface area contributed by atoms with Crippen LogP contribution < -0.4 is 14.8 Å². The predicted molar refractivity (Wildman–Crippen MR) is 103 cm³/mol. The van der Waals surface area contributed by atoms with E-state index in [1.807, 2.05) is 6.07 Å². The van der Waals surface area contributed by atoms with E-state index in [2.05, 4.69) is 46.7 Å². The van der Waals surface area contributed by atoms with Crippen LogP contribution in [0.3, 0.4) is 0 Å². The van der Waals surface area contributed by atoms with Crippen LogP contribution in [0.25, 0.3) is 10.9 Å². The zero-order chi connectivity index (χ0) is 16.5. The molecule has 1 atom stereocenters. The van der Waals surface area contributed by atoms with E-state index in [4.69, 9.17) is 9.47 Å². The second kappa shape index (κ2) is 7.38. The number of H-pyrrole nitrogens is 1. The molecule has 3 aromatic rings. The first-order valence-corrected chi connectivity index (χ1v) is 8.34. The van der Waals surface area contributed by atoms with E-state index >= 15 is 0 Å². The molecule has 0 saturated carbocycles. The Labute approximate surface area is 153 Å². The van der Waals surface area contributed by atoms with Gasteiger partial charge < -0.3 is 19.8 Å². The first-order chi connectivity index (χ1) is 11.8. The first-order valence-electron chi connectivity index (χ1n) is 8.34. The number of rotatable bonds is 4. The van der Waals surface area contributed by atoms with Crippen molar-refractivity contribution >= 4 is 23.3 Å². The van der Waals surface area contributed by atoms with Gasteiger partial charge >= 0.3 is 0 Å². The van der Waals surface area contributed by atoms with Gasteiger partial charge in [0, 0.05) is 16.6 Å². The zero-order valence-electron chi connectivity index (χ0n) is 14.5. The molecule has 5 heteroatoms. The van der Waals surface area contributed by atoms with Crippen molar-refractivity contribution < 1.29 is 9.47 Å². The van der Waals surface area contributed by atoms with Gasteiger partial charge in [-0.3, -0.25) is 0 Å². The van der Waals surface area contributed by atoms with Crippen molar-refractivity contribution in [3.63, 3.8) is 0 Å². The summed E-state index contributed by atoms with van der Waals surface area (Å²) in [6.07, 6.45) is 1.99. The minimum Gasteiger partial charge on any atom is -0.493 e. The Bertz CT molecular complexity index is 875. The predicted octanol–water partition coefficient (Wildman–Crippen LogP) is 4.04. The number of aromatic nitrogens is 1. The van der Waals surface area contributed by atoms with Crippen molar-refractivity contribution in [3.05, 3.63) is 59.3 Å². The lowest BCUT2D eigenvalue weighted by Gasteiger charge is -2.25. The number of aromatic amines is 1. The van der Waals surface area contributed by atoms with Gasteiger partial charge in [-0.25, -0.2) is 0 Å². The largest absolute Gasteiger partial charge is 0.493 e. The number of hydrogen-bond donors (Lipinski definition) is 2. The number of para-hydroxylation sites is 1. The van der Waals surface area contributed by atoms with Crippen LogP contribution in [0.1, 0.15) is 22.9 Å². The number of halogens is 1. The number of hydrogen-bond acceptors (Lipinski definition) is 3. The Morgan fingerprint density at radius 1 is 1.04 bits per heavy atom. The number of fused-ring (bicyclic) bond motifs is 3. The van der Waals surface area contributed by atoms with Gasteiger partial charge in [-0.2, -0.15) is 0 Å². The van der Waals surface area contributed by atoms with Crippen LogP contribution in [-0.4, -0.2) is 25.7 Å². The minimum absolute atomic E-state index is 0. The maximum absolute atomic E-state index is 5.43. The average molecular weight is 359 g/mol.